The Labute approximate surface area is 146 Å². The van der Waals surface area contributed by atoms with Crippen molar-refractivity contribution in [3.63, 3.8) is 0 Å². The summed E-state index contributed by atoms with van der Waals surface area (Å²) in [4.78, 5) is 26.4. The van der Waals surface area contributed by atoms with Gasteiger partial charge in [-0.1, -0.05) is 12.1 Å². The van der Waals surface area contributed by atoms with Gasteiger partial charge in [0.1, 0.15) is 11.8 Å². The first-order chi connectivity index (χ1) is 12.0. The second kappa shape index (κ2) is 6.66. The van der Waals surface area contributed by atoms with Crippen molar-refractivity contribution in [2.24, 2.45) is 5.92 Å². The van der Waals surface area contributed by atoms with E-state index in [1.54, 1.807) is 25.3 Å². The molecule has 0 fully saturated rings. The predicted octanol–water partition coefficient (Wildman–Crippen LogP) is 1.80. The molecule has 7 nitrogen and oxygen atoms in total. The number of phenols is 1. The van der Waals surface area contributed by atoms with Crippen LogP contribution in [0.5, 0.6) is 5.75 Å². The molecule has 0 unspecified atom stereocenters. The summed E-state index contributed by atoms with van der Waals surface area (Å²) in [5, 5.41) is 13.3. The molecule has 0 saturated heterocycles. The molecule has 3 rings (SSSR count). The van der Waals surface area contributed by atoms with Gasteiger partial charge in [-0.25, -0.2) is 9.59 Å². The molecule has 0 aromatic heterocycles. The topological polar surface area (TPSA) is 88.1 Å². The van der Waals surface area contributed by atoms with Crippen LogP contribution in [0.15, 0.2) is 30.0 Å². The highest BCUT2D eigenvalue weighted by atomic mass is 16.5. The van der Waals surface area contributed by atoms with Gasteiger partial charge in [0.25, 0.3) is 0 Å². The lowest BCUT2D eigenvalue weighted by molar-refractivity contribution is -0.147. The average molecular weight is 346 g/mol. The predicted molar refractivity (Wildman–Crippen MR) is 90.9 cm³/mol. The van der Waals surface area contributed by atoms with Gasteiger partial charge in [0, 0.05) is 24.7 Å². The van der Waals surface area contributed by atoms with E-state index in [4.69, 9.17) is 9.47 Å². The van der Waals surface area contributed by atoms with Gasteiger partial charge >= 0.3 is 11.9 Å². The normalized spacial score (nSPS) is 24.4. The smallest absolute Gasteiger partial charge is 0.335 e. The lowest BCUT2D eigenvalue weighted by Gasteiger charge is -2.46. The van der Waals surface area contributed by atoms with E-state index in [1.807, 2.05) is 18.0 Å². The molecule has 0 aliphatic carbocycles. The average Bonchev–Trinajstić information content (AvgIpc) is 2.60. The number of carbonyl (C=O) groups excluding carboxylic acids is 2. The van der Waals surface area contributed by atoms with Gasteiger partial charge in [-0.3, -0.25) is 0 Å². The van der Waals surface area contributed by atoms with Crippen molar-refractivity contribution in [2.75, 3.05) is 26.1 Å². The monoisotopic (exact) mass is 346 g/mol. The number of hydrogen-bond acceptors (Lipinski definition) is 7. The first-order valence-corrected chi connectivity index (χ1v) is 8.23. The molecule has 2 N–H and O–H groups in total. The lowest BCUT2D eigenvalue weighted by atomic mass is 9.76. The second-order valence-electron chi connectivity index (χ2n) is 6.24. The van der Waals surface area contributed by atoms with E-state index in [-0.39, 0.29) is 24.3 Å². The van der Waals surface area contributed by atoms with Gasteiger partial charge in [0.15, 0.2) is 0 Å². The number of rotatable bonds is 3. The first kappa shape index (κ1) is 17.1. The number of hydrogen-bond donors (Lipinski definition) is 2. The number of nitrogens with zero attached hydrogens (tertiary/aromatic N) is 1. The second-order valence-corrected chi connectivity index (χ2v) is 6.24. The standard InChI is InChI=1S/C18H22N2O5/c1-4-25-18(23)15-12-8-10(17(22)24-3)9-20(2)16(12)11-6-5-7-13(21)14(11)19-15/h5-7,9,12,15-16,19,21H,4,8H2,1-3H3/t12-,15+,16+/m0/s1. The minimum atomic E-state index is -0.665. The molecule has 25 heavy (non-hydrogen) atoms. The molecular weight excluding hydrogens is 324 g/mol. The minimum Gasteiger partial charge on any atom is -0.506 e. The molecule has 0 amide bonds. The van der Waals surface area contributed by atoms with Crippen molar-refractivity contribution in [2.45, 2.75) is 25.4 Å². The Balaban J connectivity index is 2.07. The molecule has 2 heterocycles. The minimum absolute atomic E-state index is 0.0846. The third-order valence-corrected chi connectivity index (χ3v) is 4.77. The van der Waals surface area contributed by atoms with Crippen molar-refractivity contribution >= 4 is 17.6 Å². The van der Waals surface area contributed by atoms with Crippen molar-refractivity contribution in [3.8, 4) is 5.75 Å². The van der Waals surface area contributed by atoms with Crippen LogP contribution in [0.4, 0.5) is 5.69 Å². The van der Waals surface area contributed by atoms with Crippen molar-refractivity contribution < 1.29 is 24.2 Å². The number of aromatic hydroxyl groups is 1. The van der Waals surface area contributed by atoms with E-state index >= 15 is 0 Å². The van der Waals surface area contributed by atoms with Gasteiger partial charge in [0.2, 0.25) is 0 Å². The van der Waals surface area contributed by atoms with E-state index in [1.165, 1.54) is 7.11 Å². The number of anilines is 1. The highest BCUT2D eigenvalue weighted by Gasteiger charge is 2.46. The molecule has 1 aromatic carbocycles. The summed E-state index contributed by atoms with van der Waals surface area (Å²) in [6.07, 6.45) is 2.13. The summed E-state index contributed by atoms with van der Waals surface area (Å²) in [6, 6.07) is 4.43. The Bertz CT molecular complexity index is 730. The summed E-state index contributed by atoms with van der Waals surface area (Å²) in [6.45, 7) is 2.01. The Hall–Kier alpha value is -2.70. The fourth-order valence-corrected chi connectivity index (χ4v) is 3.75. The number of nitrogens with one attached hydrogen (secondary N) is 1. The SMILES string of the molecule is CCOC(=O)[C@@H]1Nc2c(O)cccc2[C@@H]2[C@H]1CC(C(=O)OC)=CN2C. The molecule has 134 valence electrons. The van der Waals surface area contributed by atoms with Crippen LogP contribution in [0.1, 0.15) is 24.9 Å². The number of esters is 2. The van der Waals surface area contributed by atoms with Crippen LogP contribution in [0, 0.1) is 5.92 Å². The van der Waals surface area contributed by atoms with Gasteiger partial charge in [-0.15, -0.1) is 0 Å². The molecule has 0 spiro atoms. The number of carbonyl (C=O) groups is 2. The van der Waals surface area contributed by atoms with Crippen molar-refractivity contribution in [1.82, 2.24) is 4.90 Å². The zero-order valence-corrected chi connectivity index (χ0v) is 14.5. The number of benzene rings is 1. The van der Waals surface area contributed by atoms with Gasteiger partial charge in [-0.2, -0.15) is 0 Å². The molecule has 2 aliphatic heterocycles. The number of fused-ring (bicyclic) bond motifs is 3. The van der Waals surface area contributed by atoms with Gasteiger partial charge in [-0.05, 0) is 19.4 Å². The molecule has 1 aromatic rings. The van der Waals surface area contributed by atoms with Crippen LogP contribution in [-0.4, -0.2) is 48.8 Å². The number of para-hydroxylation sites is 1. The van der Waals surface area contributed by atoms with E-state index in [0.717, 1.165) is 5.56 Å². The van der Waals surface area contributed by atoms with Gasteiger partial charge in [0.05, 0.1) is 31.0 Å². The van der Waals surface area contributed by atoms with Crippen LogP contribution in [-0.2, 0) is 19.1 Å². The van der Waals surface area contributed by atoms with E-state index < -0.39 is 18.0 Å². The maximum Gasteiger partial charge on any atom is 0.335 e. The summed E-state index contributed by atoms with van der Waals surface area (Å²) >= 11 is 0. The molecule has 7 heteroatoms. The maximum absolute atomic E-state index is 12.5. The summed E-state index contributed by atoms with van der Waals surface area (Å²) < 4.78 is 10.0. The lowest BCUT2D eigenvalue weighted by Crippen LogP contribution is -2.49. The molecular formula is C18H22N2O5. The summed E-state index contributed by atoms with van der Waals surface area (Å²) in [7, 11) is 3.19. The van der Waals surface area contributed by atoms with Crippen LogP contribution >= 0.6 is 0 Å². The van der Waals surface area contributed by atoms with Crippen LogP contribution in [0.25, 0.3) is 0 Å². The van der Waals surface area contributed by atoms with Crippen LogP contribution < -0.4 is 5.32 Å². The number of ether oxygens (including phenoxy) is 2. The fraction of sp³-hybridized carbons (Fsp3) is 0.444. The third kappa shape index (κ3) is 2.90. The number of phenolic OH excluding ortho intramolecular Hbond substituents is 1. The fourth-order valence-electron chi connectivity index (χ4n) is 3.75. The number of methoxy groups -OCH3 is 1. The zero-order chi connectivity index (χ0) is 18.1. The third-order valence-electron chi connectivity index (χ3n) is 4.77. The molecule has 3 atom stereocenters. The van der Waals surface area contributed by atoms with E-state index in [9.17, 15) is 14.7 Å². The van der Waals surface area contributed by atoms with Crippen LogP contribution in [0.2, 0.25) is 0 Å². The van der Waals surface area contributed by atoms with Crippen molar-refractivity contribution in [1.29, 1.82) is 0 Å². The maximum atomic E-state index is 12.5. The van der Waals surface area contributed by atoms with E-state index in [2.05, 4.69) is 5.32 Å². The van der Waals surface area contributed by atoms with Crippen LogP contribution in [0.3, 0.4) is 0 Å². The molecule has 0 bridgehead atoms. The zero-order valence-electron chi connectivity index (χ0n) is 14.5. The summed E-state index contributed by atoms with van der Waals surface area (Å²) in [5.74, 6) is -0.945. The highest BCUT2D eigenvalue weighted by Crippen LogP contribution is 2.48. The molecule has 0 saturated carbocycles. The Morgan fingerprint density at radius 2 is 2.16 bits per heavy atom. The quantitative estimate of drug-likeness (QED) is 0.637. The van der Waals surface area contributed by atoms with Crippen molar-refractivity contribution in [3.05, 3.63) is 35.5 Å². The van der Waals surface area contributed by atoms with Gasteiger partial charge < -0.3 is 24.8 Å². The highest BCUT2D eigenvalue weighted by molar-refractivity contribution is 5.89. The summed E-state index contributed by atoms with van der Waals surface area (Å²) in [5.41, 5.74) is 1.92. The largest absolute Gasteiger partial charge is 0.506 e. The Kier molecular flexibility index (Phi) is 4.57. The molecule has 2 aliphatic rings. The Morgan fingerprint density at radius 1 is 1.40 bits per heavy atom. The molecule has 0 radical (unpaired) electrons. The first-order valence-electron chi connectivity index (χ1n) is 8.23. The van der Waals surface area contributed by atoms with E-state index in [0.29, 0.717) is 17.7 Å². The Morgan fingerprint density at radius 3 is 2.84 bits per heavy atom.